The van der Waals surface area contributed by atoms with Gasteiger partial charge in [0.2, 0.25) is 6.20 Å². The van der Waals surface area contributed by atoms with E-state index in [1.54, 1.807) is 6.07 Å². The average Bonchev–Trinajstić information content (AvgIpc) is 2.14. The highest BCUT2D eigenvalue weighted by Gasteiger charge is 1.97. The van der Waals surface area contributed by atoms with Crippen LogP contribution in [0.3, 0.4) is 0 Å². The molecule has 0 bridgehead atoms. The summed E-state index contributed by atoms with van der Waals surface area (Å²) in [6.07, 6.45) is 2.38. The van der Waals surface area contributed by atoms with Crippen LogP contribution in [0.1, 0.15) is 18.1 Å². The van der Waals surface area contributed by atoms with Crippen LogP contribution in [0.4, 0.5) is 0 Å². The van der Waals surface area contributed by atoms with Crippen molar-refractivity contribution in [3.05, 3.63) is 45.6 Å². The minimum Gasteiger partial charge on any atom is -0.494 e. The maximum absolute atomic E-state index is 10.2. The molecule has 1 rings (SSSR count). The SMILES string of the molecule is CCOc1cc(C)cc(C=C[N+](=O)[O-])c1. The standard InChI is InChI=1S/C11H13NO3/c1-3-15-11-7-9(2)6-10(8-11)4-5-12(13)14/h4-8H,3H2,1-2H3. The molecule has 0 aliphatic heterocycles. The smallest absolute Gasteiger partial charge is 0.235 e. The van der Waals surface area contributed by atoms with E-state index in [0.29, 0.717) is 6.61 Å². The van der Waals surface area contributed by atoms with Crippen molar-refractivity contribution in [2.45, 2.75) is 13.8 Å². The van der Waals surface area contributed by atoms with Crippen LogP contribution < -0.4 is 4.74 Å². The van der Waals surface area contributed by atoms with E-state index in [1.807, 2.05) is 26.0 Å². The van der Waals surface area contributed by atoms with Crippen LogP contribution in [0.25, 0.3) is 6.08 Å². The lowest BCUT2D eigenvalue weighted by Gasteiger charge is -2.05. The van der Waals surface area contributed by atoms with Crippen LogP contribution in [0.5, 0.6) is 5.75 Å². The quantitative estimate of drug-likeness (QED) is 0.563. The summed E-state index contributed by atoms with van der Waals surface area (Å²) >= 11 is 0. The third-order valence-corrected chi connectivity index (χ3v) is 1.77. The van der Waals surface area contributed by atoms with Crippen molar-refractivity contribution in [3.63, 3.8) is 0 Å². The highest BCUT2D eigenvalue weighted by Crippen LogP contribution is 2.17. The molecule has 0 atom stereocenters. The maximum atomic E-state index is 10.2. The summed E-state index contributed by atoms with van der Waals surface area (Å²) in [7, 11) is 0. The summed E-state index contributed by atoms with van der Waals surface area (Å²) in [5.41, 5.74) is 1.79. The van der Waals surface area contributed by atoms with E-state index in [0.717, 1.165) is 23.1 Å². The molecule has 1 aromatic rings. The van der Waals surface area contributed by atoms with Crippen LogP contribution in [0.2, 0.25) is 0 Å². The predicted molar refractivity (Wildman–Crippen MR) is 58.4 cm³/mol. The summed E-state index contributed by atoms with van der Waals surface area (Å²) in [5.74, 6) is 0.737. The Hall–Kier alpha value is -1.84. The van der Waals surface area contributed by atoms with Crippen molar-refractivity contribution in [3.8, 4) is 5.75 Å². The predicted octanol–water partition coefficient (Wildman–Crippen LogP) is 2.64. The average molecular weight is 207 g/mol. The minimum atomic E-state index is -0.483. The molecule has 0 amide bonds. The van der Waals surface area contributed by atoms with Crippen LogP contribution in [-0.2, 0) is 0 Å². The van der Waals surface area contributed by atoms with Gasteiger partial charge in [-0.15, -0.1) is 0 Å². The molecule has 4 heteroatoms. The van der Waals surface area contributed by atoms with Gasteiger partial charge < -0.3 is 4.74 Å². The maximum Gasteiger partial charge on any atom is 0.235 e. The third kappa shape index (κ3) is 3.81. The van der Waals surface area contributed by atoms with Crippen LogP contribution in [-0.4, -0.2) is 11.5 Å². The number of aryl methyl sites for hydroxylation is 1. The first kappa shape index (κ1) is 11.2. The zero-order chi connectivity index (χ0) is 11.3. The number of hydrogen-bond donors (Lipinski definition) is 0. The van der Waals surface area contributed by atoms with Gasteiger partial charge >= 0.3 is 0 Å². The van der Waals surface area contributed by atoms with E-state index in [9.17, 15) is 10.1 Å². The van der Waals surface area contributed by atoms with Gasteiger partial charge in [0.25, 0.3) is 0 Å². The van der Waals surface area contributed by atoms with Gasteiger partial charge in [0.1, 0.15) is 5.75 Å². The van der Waals surface area contributed by atoms with E-state index in [4.69, 9.17) is 4.74 Å². The third-order valence-electron chi connectivity index (χ3n) is 1.77. The van der Waals surface area contributed by atoms with Gasteiger partial charge in [-0.05, 0) is 37.1 Å². The lowest BCUT2D eigenvalue weighted by molar-refractivity contribution is -0.400. The van der Waals surface area contributed by atoms with Crippen molar-refractivity contribution >= 4 is 6.08 Å². The molecule has 0 spiro atoms. The first-order valence-electron chi connectivity index (χ1n) is 4.68. The molecule has 0 fully saturated rings. The van der Waals surface area contributed by atoms with Crippen molar-refractivity contribution < 1.29 is 9.66 Å². The molecule has 0 saturated heterocycles. The molecule has 1 aromatic carbocycles. The van der Waals surface area contributed by atoms with Crippen molar-refractivity contribution in [1.29, 1.82) is 0 Å². The second kappa shape index (κ2) is 5.14. The summed E-state index contributed by atoms with van der Waals surface area (Å²) in [5, 5.41) is 10.2. The molecular formula is C11H13NO3. The van der Waals surface area contributed by atoms with Crippen LogP contribution >= 0.6 is 0 Å². The Bertz CT molecular complexity index is 385. The second-order valence-electron chi connectivity index (χ2n) is 3.11. The minimum absolute atomic E-state index is 0.483. The van der Waals surface area contributed by atoms with Crippen molar-refractivity contribution in [1.82, 2.24) is 0 Å². The molecule has 4 nitrogen and oxygen atoms in total. The zero-order valence-electron chi connectivity index (χ0n) is 8.77. The van der Waals surface area contributed by atoms with Gasteiger partial charge in [-0.25, -0.2) is 0 Å². The van der Waals surface area contributed by atoms with Gasteiger partial charge in [-0.3, -0.25) is 10.1 Å². The summed E-state index contributed by atoms with van der Waals surface area (Å²) < 4.78 is 5.33. The Morgan fingerprint density at radius 3 is 2.80 bits per heavy atom. The highest BCUT2D eigenvalue weighted by atomic mass is 16.6. The molecule has 0 aromatic heterocycles. The van der Waals surface area contributed by atoms with Gasteiger partial charge in [0, 0.05) is 6.08 Å². The molecule has 80 valence electrons. The van der Waals surface area contributed by atoms with Crippen LogP contribution in [0, 0.1) is 17.0 Å². The number of nitrogens with zero attached hydrogens (tertiary/aromatic N) is 1. The van der Waals surface area contributed by atoms with Crippen molar-refractivity contribution in [2.24, 2.45) is 0 Å². The topological polar surface area (TPSA) is 52.4 Å². The van der Waals surface area contributed by atoms with Gasteiger partial charge in [-0.2, -0.15) is 0 Å². The van der Waals surface area contributed by atoms with E-state index < -0.39 is 4.92 Å². The molecule has 0 aliphatic carbocycles. The molecule has 0 N–H and O–H groups in total. The van der Waals surface area contributed by atoms with E-state index in [2.05, 4.69) is 0 Å². The number of ether oxygens (including phenoxy) is 1. The second-order valence-corrected chi connectivity index (χ2v) is 3.11. The first-order valence-corrected chi connectivity index (χ1v) is 4.68. The van der Waals surface area contributed by atoms with Gasteiger partial charge in [0.15, 0.2) is 0 Å². The van der Waals surface area contributed by atoms with Crippen molar-refractivity contribution in [2.75, 3.05) is 6.61 Å². The fourth-order valence-corrected chi connectivity index (χ4v) is 1.27. The van der Waals surface area contributed by atoms with Gasteiger partial charge in [-0.1, -0.05) is 6.07 Å². The molecule has 15 heavy (non-hydrogen) atoms. The number of nitro groups is 1. The monoisotopic (exact) mass is 207 g/mol. The van der Waals surface area contributed by atoms with Crippen LogP contribution in [0.15, 0.2) is 24.4 Å². The molecular weight excluding hydrogens is 194 g/mol. The fourth-order valence-electron chi connectivity index (χ4n) is 1.27. The molecule has 0 saturated carbocycles. The normalized spacial score (nSPS) is 10.5. The summed E-state index contributed by atoms with van der Waals surface area (Å²) in [6, 6.07) is 5.53. The number of hydrogen-bond acceptors (Lipinski definition) is 3. The van der Waals surface area contributed by atoms with E-state index in [-0.39, 0.29) is 0 Å². The lowest BCUT2D eigenvalue weighted by atomic mass is 10.1. The molecule has 0 heterocycles. The van der Waals surface area contributed by atoms with E-state index >= 15 is 0 Å². The summed E-state index contributed by atoms with van der Waals surface area (Å²) in [6.45, 7) is 4.41. The highest BCUT2D eigenvalue weighted by molar-refractivity contribution is 5.52. The zero-order valence-corrected chi connectivity index (χ0v) is 8.77. The Kier molecular flexibility index (Phi) is 3.85. The molecule has 0 aliphatic rings. The fraction of sp³-hybridized carbons (Fsp3) is 0.273. The first-order chi connectivity index (χ1) is 7.11. The van der Waals surface area contributed by atoms with Gasteiger partial charge in [0.05, 0.1) is 11.5 Å². The Morgan fingerprint density at radius 2 is 2.20 bits per heavy atom. The number of rotatable bonds is 4. The number of benzene rings is 1. The van der Waals surface area contributed by atoms with E-state index in [1.165, 1.54) is 6.08 Å². The molecule has 0 unspecified atom stereocenters. The molecule has 0 radical (unpaired) electrons. The lowest BCUT2D eigenvalue weighted by Crippen LogP contribution is -1.92. The summed E-state index contributed by atoms with van der Waals surface area (Å²) in [4.78, 5) is 9.67. The Labute approximate surface area is 88.3 Å². The largest absolute Gasteiger partial charge is 0.494 e. The Morgan fingerprint density at radius 1 is 1.47 bits per heavy atom. The Balaban J connectivity index is 2.93.